The first-order valence-electron chi connectivity index (χ1n) is 10.5. The van der Waals surface area contributed by atoms with Crippen LogP contribution in [0, 0.1) is 0 Å². The summed E-state index contributed by atoms with van der Waals surface area (Å²) in [6.45, 7) is 3.81. The molecular weight excluding hydrogens is 372 g/mol. The largest absolute Gasteiger partial charge is 0.494 e. The number of alkyl halides is 2. The quantitative estimate of drug-likeness (QED) is 0.504. The Morgan fingerprint density at radius 2 is 1.90 bits per heavy atom. The Bertz CT molecular complexity index is 822. The minimum Gasteiger partial charge on any atom is -0.494 e. The first-order valence-corrected chi connectivity index (χ1v) is 10.5. The normalized spacial score (nSPS) is 13.8. The van der Waals surface area contributed by atoms with Crippen molar-refractivity contribution in [2.45, 2.75) is 57.9 Å². The molecule has 3 nitrogen and oxygen atoms in total. The van der Waals surface area contributed by atoms with Crippen molar-refractivity contribution in [1.82, 2.24) is 4.90 Å². The highest BCUT2D eigenvalue weighted by atomic mass is 19.3. The van der Waals surface area contributed by atoms with Crippen molar-refractivity contribution < 1.29 is 18.3 Å². The molecular formula is C24H29F2NO2. The van der Waals surface area contributed by atoms with Gasteiger partial charge in [0.25, 0.3) is 5.92 Å². The monoisotopic (exact) mass is 401 g/mol. The van der Waals surface area contributed by atoms with Gasteiger partial charge in [-0.05, 0) is 42.5 Å². The lowest BCUT2D eigenvalue weighted by Crippen LogP contribution is -2.35. The van der Waals surface area contributed by atoms with E-state index in [0.717, 1.165) is 24.8 Å². The van der Waals surface area contributed by atoms with Crippen LogP contribution in [0.3, 0.4) is 0 Å². The van der Waals surface area contributed by atoms with Gasteiger partial charge in [-0.1, -0.05) is 49.7 Å². The number of amides is 1. The standard InChI is InChI=1S/C24H29F2NO2/c1-2-3-16-29-22-11-6-10-21(17-22)24(25,26)14-7-12-23(28)27-15-13-19-8-4-5-9-20(19)18-27/h4-6,8-11,17H,2-3,7,12-16,18H2,1H3. The van der Waals surface area contributed by atoms with E-state index in [1.807, 2.05) is 18.2 Å². The van der Waals surface area contributed by atoms with Gasteiger partial charge in [0.15, 0.2) is 0 Å². The minimum absolute atomic E-state index is 0.0491. The van der Waals surface area contributed by atoms with Crippen LogP contribution < -0.4 is 4.74 Å². The molecule has 2 aromatic carbocycles. The number of halogens is 2. The molecule has 1 aliphatic heterocycles. The predicted octanol–water partition coefficient (Wildman–Crippen LogP) is 5.71. The van der Waals surface area contributed by atoms with Gasteiger partial charge in [-0.15, -0.1) is 0 Å². The van der Waals surface area contributed by atoms with E-state index in [-0.39, 0.29) is 30.7 Å². The summed E-state index contributed by atoms with van der Waals surface area (Å²) in [5.41, 5.74) is 2.37. The number of ether oxygens (including phenoxy) is 1. The molecule has 0 radical (unpaired) electrons. The maximum absolute atomic E-state index is 14.6. The van der Waals surface area contributed by atoms with Gasteiger partial charge < -0.3 is 9.64 Å². The summed E-state index contributed by atoms with van der Waals surface area (Å²) in [4.78, 5) is 14.3. The van der Waals surface area contributed by atoms with Crippen molar-refractivity contribution in [3.8, 4) is 5.75 Å². The molecule has 29 heavy (non-hydrogen) atoms. The molecule has 0 fully saturated rings. The summed E-state index contributed by atoms with van der Waals surface area (Å²) in [6.07, 6.45) is 2.66. The Labute approximate surface area is 171 Å². The number of nitrogens with zero attached hydrogens (tertiary/aromatic N) is 1. The number of unbranched alkanes of at least 4 members (excludes halogenated alkanes) is 1. The topological polar surface area (TPSA) is 29.5 Å². The summed E-state index contributed by atoms with van der Waals surface area (Å²) in [6, 6.07) is 14.2. The Kier molecular flexibility index (Phi) is 7.24. The second kappa shape index (κ2) is 9.86. The Morgan fingerprint density at radius 3 is 2.69 bits per heavy atom. The summed E-state index contributed by atoms with van der Waals surface area (Å²) in [7, 11) is 0. The average Bonchev–Trinajstić information content (AvgIpc) is 2.73. The van der Waals surface area contributed by atoms with Crippen LogP contribution in [0.4, 0.5) is 8.78 Å². The lowest BCUT2D eigenvalue weighted by Gasteiger charge is -2.29. The van der Waals surface area contributed by atoms with E-state index in [1.54, 1.807) is 17.0 Å². The van der Waals surface area contributed by atoms with Crippen molar-refractivity contribution >= 4 is 5.91 Å². The molecule has 156 valence electrons. The molecule has 0 spiro atoms. The van der Waals surface area contributed by atoms with Gasteiger partial charge in [0.05, 0.1) is 6.61 Å². The van der Waals surface area contributed by atoms with Crippen LogP contribution in [0.5, 0.6) is 5.75 Å². The number of hydrogen-bond donors (Lipinski definition) is 0. The highest BCUT2D eigenvalue weighted by molar-refractivity contribution is 5.76. The fourth-order valence-electron chi connectivity index (χ4n) is 3.62. The SMILES string of the molecule is CCCCOc1cccc(C(F)(F)CCCC(=O)N2CCc3ccccc3C2)c1. The van der Waals surface area contributed by atoms with Gasteiger partial charge in [0, 0.05) is 31.5 Å². The molecule has 0 atom stereocenters. The van der Waals surface area contributed by atoms with Crippen molar-refractivity contribution in [1.29, 1.82) is 0 Å². The lowest BCUT2D eigenvalue weighted by atomic mass is 9.99. The summed E-state index contributed by atoms with van der Waals surface area (Å²) < 4.78 is 34.8. The Morgan fingerprint density at radius 1 is 1.10 bits per heavy atom. The first-order chi connectivity index (χ1) is 14.0. The van der Waals surface area contributed by atoms with Crippen LogP contribution >= 0.6 is 0 Å². The van der Waals surface area contributed by atoms with E-state index in [4.69, 9.17) is 4.74 Å². The minimum atomic E-state index is -2.97. The zero-order valence-electron chi connectivity index (χ0n) is 17.0. The zero-order chi connectivity index (χ0) is 20.7. The van der Waals surface area contributed by atoms with Gasteiger partial charge in [-0.25, -0.2) is 8.78 Å². The molecule has 3 rings (SSSR count). The van der Waals surface area contributed by atoms with Gasteiger partial charge in [-0.2, -0.15) is 0 Å². The van der Waals surface area contributed by atoms with Crippen LogP contribution in [0.1, 0.15) is 55.7 Å². The number of rotatable bonds is 9. The second-order valence-corrected chi connectivity index (χ2v) is 7.62. The highest BCUT2D eigenvalue weighted by Crippen LogP contribution is 2.35. The van der Waals surface area contributed by atoms with Crippen molar-refractivity contribution in [3.63, 3.8) is 0 Å². The predicted molar refractivity (Wildman–Crippen MR) is 110 cm³/mol. The van der Waals surface area contributed by atoms with Crippen molar-refractivity contribution in [2.75, 3.05) is 13.2 Å². The first kappa shape index (κ1) is 21.3. The summed E-state index contributed by atoms with van der Waals surface area (Å²) in [5.74, 6) is -2.55. The number of fused-ring (bicyclic) bond motifs is 1. The molecule has 1 aliphatic rings. The average molecular weight is 401 g/mol. The van der Waals surface area contributed by atoms with Gasteiger partial charge in [-0.3, -0.25) is 4.79 Å². The van der Waals surface area contributed by atoms with Gasteiger partial charge >= 0.3 is 0 Å². The summed E-state index contributed by atoms with van der Waals surface area (Å²) >= 11 is 0. The highest BCUT2D eigenvalue weighted by Gasteiger charge is 2.32. The van der Waals surface area contributed by atoms with E-state index in [1.165, 1.54) is 17.7 Å². The molecule has 0 aliphatic carbocycles. The molecule has 0 bridgehead atoms. The molecule has 5 heteroatoms. The number of benzene rings is 2. The fraction of sp³-hybridized carbons (Fsp3) is 0.458. The van der Waals surface area contributed by atoms with Crippen LogP contribution in [-0.2, 0) is 23.7 Å². The third-order valence-electron chi connectivity index (χ3n) is 5.39. The van der Waals surface area contributed by atoms with Crippen LogP contribution in [0.25, 0.3) is 0 Å². The third kappa shape index (κ3) is 5.78. The molecule has 1 heterocycles. The smallest absolute Gasteiger partial charge is 0.273 e. The van der Waals surface area contributed by atoms with E-state index in [0.29, 0.717) is 25.4 Å². The molecule has 2 aromatic rings. The van der Waals surface area contributed by atoms with Crippen LogP contribution in [0.2, 0.25) is 0 Å². The van der Waals surface area contributed by atoms with E-state index in [9.17, 15) is 13.6 Å². The molecule has 0 unspecified atom stereocenters. The number of hydrogen-bond acceptors (Lipinski definition) is 2. The molecule has 1 amide bonds. The molecule has 0 aromatic heterocycles. The molecule has 0 saturated carbocycles. The van der Waals surface area contributed by atoms with Gasteiger partial charge in [0.2, 0.25) is 5.91 Å². The van der Waals surface area contributed by atoms with E-state index >= 15 is 0 Å². The number of carbonyl (C=O) groups excluding carboxylic acids is 1. The van der Waals surface area contributed by atoms with Gasteiger partial charge in [0.1, 0.15) is 5.75 Å². The van der Waals surface area contributed by atoms with E-state index < -0.39 is 5.92 Å². The maximum Gasteiger partial charge on any atom is 0.273 e. The summed E-state index contributed by atoms with van der Waals surface area (Å²) in [5, 5.41) is 0. The van der Waals surface area contributed by atoms with Crippen molar-refractivity contribution in [2.24, 2.45) is 0 Å². The van der Waals surface area contributed by atoms with Crippen LogP contribution in [-0.4, -0.2) is 24.0 Å². The Balaban J connectivity index is 1.50. The van der Waals surface area contributed by atoms with Crippen LogP contribution in [0.15, 0.2) is 48.5 Å². The molecule has 0 saturated heterocycles. The van der Waals surface area contributed by atoms with Crippen molar-refractivity contribution in [3.05, 3.63) is 65.2 Å². The van der Waals surface area contributed by atoms with E-state index in [2.05, 4.69) is 13.0 Å². The maximum atomic E-state index is 14.6. The third-order valence-corrected chi connectivity index (χ3v) is 5.39. The zero-order valence-corrected chi connectivity index (χ0v) is 17.0. The fourth-order valence-corrected chi connectivity index (χ4v) is 3.62. The number of carbonyl (C=O) groups is 1. The second-order valence-electron chi connectivity index (χ2n) is 7.62. The molecule has 0 N–H and O–H groups in total. The lowest BCUT2D eigenvalue weighted by molar-refractivity contribution is -0.132. The Hall–Kier alpha value is -2.43.